The number of nitrogens with zero attached hydrogens (tertiary/aromatic N) is 2. The third-order valence-electron chi connectivity index (χ3n) is 2.87. The van der Waals surface area contributed by atoms with Crippen molar-refractivity contribution in [2.75, 3.05) is 6.61 Å². The van der Waals surface area contributed by atoms with Crippen LogP contribution < -0.4 is 0 Å². The molecular weight excluding hydrogens is 164 g/mol. The first-order valence-corrected chi connectivity index (χ1v) is 4.86. The van der Waals surface area contributed by atoms with Crippen LogP contribution in [0.25, 0.3) is 0 Å². The van der Waals surface area contributed by atoms with Gasteiger partial charge in [0.05, 0.1) is 6.20 Å². The van der Waals surface area contributed by atoms with Crippen molar-refractivity contribution in [3.8, 4) is 0 Å². The first-order chi connectivity index (χ1) is 6.28. The second-order valence-corrected chi connectivity index (χ2v) is 4.11. The molecule has 1 aliphatic carbocycles. The predicted octanol–water partition coefficient (Wildman–Crippen LogP) is 0.981. The lowest BCUT2D eigenvalue weighted by Crippen LogP contribution is -2.27. The van der Waals surface area contributed by atoms with Crippen LogP contribution in [0.5, 0.6) is 0 Å². The minimum Gasteiger partial charge on any atom is -0.396 e. The normalized spacial score (nSPS) is 27.2. The Morgan fingerprint density at radius 2 is 2.31 bits per heavy atom. The van der Waals surface area contributed by atoms with Gasteiger partial charge >= 0.3 is 0 Å². The Morgan fingerprint density at radius 3 is 2.85 bits per heavy atom. The molecule has 1 fully saturated rings. The topological polar surface area (TPSA) is 38.0 Å². The van der Waals surface area contributed by atoms with Crippen LogP contribution in [0, 0.1) is 11.8 Å². The van der Waals surface area contributed by atoms with Crippen molar-refractivity contribution < 1.29 is 5.11 Å². The van der Waals surface area contributed by atoms with Crippen LogP contribution in [0.15, 0.2) is 12.4 Å². The SMILES string of the molecule is Cn1cc(CC2CC(CO)C2)cn1. The van der Waals surface area contributed by atoms with E-state index < -0.39 is 0 Å². The molecule has 13 heavy (non-hydrogen) atoms. The van der Waals surface area contributed by atoms with Crippen LogP contribution in [0.3, 0.4) is 0 Å². The van der Waals surface area contributed by atoms with E-state index in [1.54, 1.807) is 0 Å². The molecule has 0 aliphatic heterocycles. The smallest absolute Gasteiger partial charge is 0.0521 e. The molecule has 0 spiro atoms. The molecule has 0 saturated heterocycles. The van der Waals surface area contributed by atoms with Gasteiger partial charge in [-0.05, 0) is 36.7 Å². The van der Waals surface area contributed by atoms with E-state index in [0.717, 1.165) is 12.3 Å². The molecule has 72 valence electrons. The summed E-state index contributed by atoms with van der Waals surface area (Å²) in [5, 5.41) is 13.0. The van der Waals surface area contributed by atoms with Gasteiger partial charge in [0.1, 0.15) is 0 Å². The molecule has 1 aromatic heterocycles. The van der Waals surface area contributed by atoms with Crippen LogP contribution in [0.4, 0.5) is 0 Å². The van der Waals surface area contributed by atoms with Crippen LogP contribution in [-0.4, -0.2) is 21.5 Å². The van der Waals surface area contributed by atoms with Crippen molar-refractivity contribution in [2.24, 2.45) is 18.9 Å². The van der Waals surface area contributed by atoms with Gasteiger partial charge in [0, 0.05) is 19.9 Å². The third-order valence-corrected chi connectivity index (χ3v) is 2.87. The maximum absolute atomic E-state index is 8.86. The van der Waals surface area contributed by atoms with Gasteiger partial charge in [0.25, 0.3) is 0 Å². The molecule has 1 heterocycles. The lowest BCUT2D eigenvalue weighted by atomic mass is 9.73. The van der Waals surface area contributed by atoms with Gasteiger partial charge in [-0.1, -0.05) is 0 Å². The fraction of sp³-hybridized carbons (Fsp3) is 0.700. The summed E-state index contributed by atoms with van der Waals surface area (Å²) in [6, 6.07) is 0. The average molecular weight is 180 g/mol. The average Bonchev–Trinajstić information content (AvgIpc) is 2.43. The zero-order valence-electron chi connectivity index (χ0n) is 7.98. The van der Waals surface area contributed by atoms with E-state index in [4.69, 9.17) is 5.11 Å². The fourth-order valence-corrected chi connectivity index (χ4v) is 2.10. The summed E-state index contributed by atoms with van der Waals surface area (Å²) in [7, 11) is 1.95. The monoisotopic (exact) mass is 180 g/mol. The Morgan fingerprint density at radius 1 is 1.54 bits per heavy atom. The summed E-state index contributed by atoms with van der Waals surface area (Å²) in [5.41, 5.74) is 1.32. The predicted molar refractivity (Wildman–Crippen MR) is 50.2 cm³/mol. The fourth-order valence-electron chi connectivity index (χ4n) is 2.10. The first-order valence-electron chi connectivity index (χ1n) is 4.86. The summed E-state index contributed by atoms with van der Waals surface area (Å²) in [5.74, 6) is 1.35. The van der Waals surface area contributed by atoms with Crippen molar-refractivity contribution in [1.82, 2.24) is 9.78 Å². The van der Waals surface area contributed by atoms with E-state index in [9.17, 15) is 0 Å². The lowest BCUT2D eigenvalue weighted by molar-refractivity contribution is 0.107. The quantitative estimate of drug-likeness (QED) is 0.753. The maximum atomic E-state index is 8.86. The zero-order valence-corrected chi connectivity index (χ0v) is 7.98. The van der Waals surface area contributed by atoms with E-state index >= 15 is 0 Å². The molecule has 1 aliphatic rings. The Hall–Kier alpha value is -0.830. The number of hydrogen-bond donors (Lipinski definition) is 1. The highest BCUT2D eigenvalue weighted by atomic mass is 16.3. The number of aliphatic hydroxyl groups excluding tert-OH is 1. The van der Waals surface area contributed by atoms with E-state index in [1.807, 2.05) is 17.9 Å². The Bertz CT molecular complexity index is 276. The molecule has 3 heteroatoms. The zero-order chi connectivity index (χ0) is 9.26. The van der Waals surface area contributed by atoms with Gasteiger partial charge in [-0.2, -0.15) is 5.10 Å². The number of aryl methyl sites for hydroxylation is 1. The molecule has 0 bridgehead atoms. The largest absolute Gasteiger partial charge is 0.396 e. The molecule has 1 aromatic rings. The van der Waals surface area contributed by atoms with Crippen molar-refractivity contribution in [3.63, 3.8) is 0 Å². The van der Waals surface area contributed by atoms with Gasteiger partial charge in [-0.15, -0.1) is 0 Å². The number of aliphatic hydroxyl groups is 1. The summed E-state index contributed by atoms with van der Waals surface area (Å²) in [4.78, 5) is 0. The summed E-state index contributed by atoms with van der Waals surface area (Å²) in [6.45, 7) is 0.365. The van der Waals surface area contributed by atoms with Crippen LogP contribution >= 0.6 is 0 Å². The number of aromatic nitrogens is 2. The standard InChI is InChI=1S/C10H16N2O/c1-12-6-10(5-11-12)4-8-2-9(3-8)7-13/h5-6,8-9,13H,2-4,7H2,1H3. The van der Waals surface area contributed by atoms with Crippen LogP contribution in [0.1, 0.15) is 18.4 Å². The second kappa shape index (κ2) is 3.50. The molecule has 1 saturated carbocycles. The Kier molecular flexibility index (Phi) is 2.36. The summed E-state index contributed by atoms with van der Waals surface area (Å²) >= 11 is 0. The highest BCUT2D eigenvalue weighted by Gasteiger charge is 2.28. The van der Waals surface area contributed by atoms with Crippen LogP contribution in [0.2, 0.25) is 0 Å². The van der Waals surface area contributed by atoms with E-state index in [-0.39, 0.29) is 0 Å². The molecular formula is C10H16N2O. The molecule has 0 amide bonds. The van der Waals surface area contributed by atoms with Gasteiger partial charge in [0.2, 0.25) is 0 Å². The lowest BCUT2D eigenvalue weighted by Gasteiger charge is -2.33. The molecule has 0 aromatic carbocycles. The molecule has 3 nitrogen and oxygen atoms in total. The van der Waals surface area contributed by atoms with Gasteiger partial charge in [0.15, 0.2) is 0 Å². The second-order valence-electron chi connectivity index (χ2n) is 4.11. The third kappa shape index (κ3) is 1.91. The van der Waals surface area contributed by atoms with Crippen molar-refractivity contribution >= 4 is 0 Å². The molecule has 1 N–H and O–H groups in total. The maximum Gasteiger partial charge on any atom is 0.0521 e. The molecule has 0 atom stereocenters. The number of hydrogen-bond acceptors (Lipinski definition) is 2. The van der Waals surface area contributed by atoms with Gasteiger partial charge < -0.3 is 5.11 Å². The van der Waals surface area contributed by atoms with Crippen molar-refractivity contribution in [3.05, 3.63) is 18.0 Å². The van der Waals surface area contributed by atoms with Crippen LogP contribution in [-0.2, 0) is 13.5 Å². The molecule has 2 rings (SSSR count). The number of rotatable bonds is 3. The Balaban J connectivity index is 1.81. The minimum absolute atomic E-state index is 0.365. The van der Waals surface area contributed by atoms with Gasteiger partial charge in [-0.25, -0.2) is 0 Å². The van der Waals surface area contributed by atoms with Crippen molar-refractivity contribution in [1.29, 1.82) is 0 Å². The van der Waals surface area contributed by atoms with E-state index in [0.29, 0.717) is 12.5 Å². The van der Waals surface area contributed by atoms with E-state index in [1.165, 1.54) is 18.4 Å². The van der Waals surface area contributed by atoms with Crippen molar-refractivity contribution in [2.45, 2.75) is 19.3 Å². The summed E-state index contributed by atoms with van der Waals surface area (Å²) < 4.78 is 1.84. The molecule has 0 unspecified atom stereocenters. The molecule has 0 radical (unpaired) electrons. The highest BCUT2D eigenvalue weighted by Crippen LogP contribution is 2.35. The van der Waals surface area contributed by atoms with E-state index in [2.05, 4.69) is 11.3 Å². The summed E-state index contributed by atoms with van der Waals surface area (Å²) in [6.07, 6.45) is 7.51. The van der Waals surface area contributed by atoms with Gasteiger partial charge in [-0.3, -0.25) is 4.68 Å². The minimum atomic E-state index is 0.365. The Labute approximate surface area is 78.4 Å². The first kappa shape index (κ1) is 8.75. The highest BCUT2D eigenvalue weighted by molar-refractivity contribution is 5.06.